The van der Waals surface area contributed by atoms with Gasteiger partial charge >= 0.3 is 0 Å². The minimum atomic E-state index is -3.89. The molecule has 0 saturated carbocycles. The molecular weight excluding hydrogens is 473 g/mol. The van der Waals surface area contributed by atoms with Crippen LogP contribution in [-0.2, 0) is 16.4 Å². The Kier molecular flexibility index (Phi) is 6.05. The minimum Gasteiger partial charge on any atom is -0.322 e. The van der Waals surface area contributed by atoms with Crippen LogP contribution >= 0.6 is 11.6 Å². The van der Waals surface area contributed by atoms with Gasteiger partial charge in [0.2, 0.25) is 0 Å². The number of anilines is 2. The van der Waals surface area contributed by atoms with E-state index in [-0.39, 0.29) is 27.7 Å². The van der Waals surface area contributed by atoms with E-state index in [1.807, 2.05) is 0 Å². The maximum absolute atomic E-state index is 13.2. The molecule has 170 valence electrons. The number of carbonyl (C=O) groups is 1. The number of sulfonamides is 1. The van der Waals surface area contributed by atoms with E-state index in [9.17, 15) is 27.7 Å². The van der Waals surface area contributed by atoms with Gasteiger partial charge in [-0.3, -0.25) is 19.2 Å². The molecule has 1 aliphatic rings. The zero-order valence-electron chi connectivity index (χ0n) is 17.0. The normalized spacial score (nSPS) is 13.3. The molecule has 1 amide bonds. The molecule has 0 spiro atoms. The lowest BCUT2D eigenvalue weighted by atomic mass is 10.0. The molecule has 0 aromatic heterocycles. The summed E-state index contributed by atoms with van der Waals surface area (Å²) in [4.78, 5) is 23.0. The van der Waals surface area contributed by atoms with E-state index in [1.165, 1.54) is 28.6 Å². The van der Waals surface area contributed by atoms with E-state index >= 15 is 0 Å². The molecule has 8 nitrogen and oxygen atoms in total. The standard InChI is InChI=1S/C22H17ClFN3O5S/c23-20-9-6-17(27(29)30)13-19(20)22(28)25-16-5-10-21-14(12-16)2-1-11-26(21)33(31,32)18-7-3-15(24)4-8-18/h3-10,12-13H,1-2,11H2,(H,25,28). The summed E-state index contributed by atoms with van der Waals surface area (Å²) in [5, 5.41) is 13.7. The summed E-state index contributed by atoms with van der Waals surface area (Å²) in [6, 6.07) is 13.0. The summed E-state index contributed by atoms with van der Waals surface area (Å²) < 4.78 is 40.7. The highest BCUT2D eigenvalue weighted by Gasteiger charge is 2.29. The molecule has 1 heterocycles. The van der Waals surface area contributed by atoms with Crippen LogP contribution in [0.25, 0.3) is 0 Å². The Morgan fingerprint density at radius 2 is 1.82 bits per heavy atom. The number of non-ortho nitro benzene ring substituents is 1. The molecule has 0 aliphatic carbocycles. The molecule has 1 aliphatic heterocycles. The van der Waals surface area contributed by atoms with E-state index in [2.05, 4.69) is 5.32 Å². The van der Waals surface area contributed by atoms with Gasteiger partial charge in [0.1, 0.15) is 5.82 Å². The first kappa shape index (κ1) is 22.7. The number of hydrogen-bond acceptors (Lipinski definition) is 5. The highest BCUT2D eigenvalue weighted by atomic mass is 35.5. The molecule has 4 rings (SSSR count). The Bertz CT molecular complexity index is 1360. The van der Waals surface area contributed by atoms with Crippen molar-refractivity contribution in [3.8, 4) is 0 Å². The van der Waals surface area contributed by atoms with Crippen molar-refractivity contribution in [2.24, 2.45) is 0 Å². The third kappa shape index (κ3) is 4.53. The van der Waals surface area contributed by atoms with Crippen molar-refractivity contribution in [1.29, 1.82) is 0 Å². The van der Waals surface area contributed by atoms with Crippen molar-refractivity contribution in [1.82, 2.24) is 0 Å². The van der Waals surface area contributed by atoms with Crippen LogP contribution in [0.1, 0.15) is 22.3 Å². The number of halogens is 2. The fraction of sp³-hybridized carbons (Fsp3) is 0.136. The highest BCUT2D eigenvalue weighted by Crippen LogP contribution is 2.34. The van der Waals surface area contributed by atoms with E-state index in [4.69, 9.17) is 11.6 Å². The molecule has 3 aromatic rings. The van der Waals surface area contributed by atoms with E-state index in [0.717, 1.165) is 18.2 Å². The molecule has 33 heavy (non-hydrogen) atoms. The second kappa shape index (κ2) is 8.80. The fourth-order valence-electron chi connectivity index (χ4n) is 3.62. The number of aryl methyl sites for hydroxylation is 1. The summed E-state index contributed by atoms with van der Waals surface area (Å²) in [5.41, 5.74) is 1.25. The zero-order valence-corrected chi connectivity index (χ0v) is 18.6. The van der Waals surface area contributed by atoms with Gasteiger partial charge in [-0.2, -0.15) is 0 Å². The number of nitro benzene ring substituents is 1. The molecule has 1 N–H and O–H groups in total. The molecule has 0 radical (unpaired) electrons. The lowest BCUT2D eigenvalue weighted by molar-refractivity contribution is -0.384. The number of nitrogens with zero attached hydrogens (tertiary/aromatic N) is 2. The zero-order chi connectivity index (χ0) is 23.8. The lowest BCUT2D eigenvalue weighted by Crippen LogP contribution is -2.35. The smallest absolute Gasteiger partial charge is 0.270 e. The Morgan fingerprint density at radius 3 is 2.52 bits per heavy atom. The van der Waals surface area contributed by atoms with Gasteiger partial charge in [0.25, 0.3) is 21.6 Å². The van der Waals surface area contributed by atoms with E-state index in [1.54, 1.807) is 18.2 Å². The number of nitro groups is 1. The molecule has 0 saturated heterocycles. The van der Waals surface area contributed by atoms with Crippen LogP contribution in [0.5, 0.6) is 0 Å². The predicted octanol–water partition coefficient (Wildman–Crippen LogP) is 4.78. The summed E-state index contributed by atoms with van der Waals surface area (Å²) >= 11 is 6.03. The molecule has 0 bridgehead atoms. The number of amides is 1. The average Bonchev–Trinajstić information content (AvgIpc) is 2.78. The number of hydrogen-bond donors (Lipinski definition) is 1. The van der Waals surface area contributed by atoms with Crippen molar-refractivity contribution >= 4 is 44.6 Å². The van der Waals surface area contributed by atoms with Crippen LogP contribution in [0.2, 0.25) is 5.02 Å². The van der Waals surface area contributed by atoms with Gasteiger partial charge in [-0.1, -0.05) is 11.6 Å². The van der Waals surface area contributed by atoms with Crippen LogP contribution < -0.4 is 9.62 Å². The van der Waals surface area contributed by atoms with Crippen LogP contribution in [0.15, 0.2) is 65.6 Å². The van der Waals surface area contributed by atoms with Crippen molar-refractivity contribution in [3.05, 3.63) is 92.7 Å². The van der Waals surface area contributed by atoms with Gasteiger partial charge in [-0.15, -0.1) is 0 Å². The molecule has 0 unspecified atom stereocenters. The fourth-order valence-corrected chi connectivity index (χ4v) is 5.37. The molecule has 0 atom stereocenters. The van der Waals surface area contributed by atoms with Crippen molar-refractivity contribution < 1.29 is 22.5 Å². The van der Waals surface area contributed by atoms with Gasteiger partial charge in [0.15, 0.2) is 0 Å². The Hall–Kier alpha value is -3.50. The van der Waals surface area contributed by atoms with Gasteiger partial charge in [-0.25, -0.2) is 12.8 Å². The second-order valence-electron chi connectivity index (χ2n) is 7.35. The number of nitrogens with one attached hydrogen (secondary N) is 1. The minimum absolute atomic E-state index is 0.0190. The Morgan fingerprint density at radius 1 is 1.09 bits per heavy atom. The highest BCUT2D eigenvalue weighted by molar-refractivity contribution is 7.92. The maximum Gasteiger partial charge on any atom is 0.270 e. The number of benzene rings is 3. The molecule has 11 heteroatoms. The molecule has 0 fully saturated rings. The van der Waals surface area contributed by atoms with Crippen LogP contribution in [-0.4, -0.2) is 25.8 Å². The summed E-state index contributed by atoms with van der Waals surface area (Å²) in [7, 11) is -3.89. The summed E-state index contributed by atoms with van der Waals surface area (Å²) in [6.45, 7) is 0.266. The van der Waals surface area contributed by atoms with Gasteiger partial charge in [-0.05, 0) is 66.9 Å². The average molecular weight is 490 g/mol. The SMILES string of the molecule is O=C(Nc1ccc2c(c1)CCCN2S(=O)(=O)c1ccc(F)cc1)c1cc([N+](=O)[O-])ccc1Cl. The maximum atomic E-state index is 13.2. The van der Waals surface area contributed by atoms with Crippen molar-refractivity contribution in [2.45, 2.75) is 17.7 Å². The van der Waals surface area contributed by atoms with Gasteiger partial charge in [0.05, 0.1) is 26.1 Å². The van der Waals surface area contributed by atoms with Gasteiger partial charge in [0, 0.05) is 24.4 Å². The van der Waals surface area contributed by atoms with Crippen molar-refractivity contribution in [3.63, 3.8) is 0 Å². The van der Waals surface area contributed by atoms with E-state index < -0.39 is 26.7 Å². The third-order valence-electron chi connectivity index (χ3n) is 5.22. The second-order valence-corrected chi connectivity index (χ2v) is 9.62. The number of carbonyl (C=O) groups excluding carboxylic acids is 1. The van der Waals surface area contributed by atoms with Crippen LogP contribution in [0.3, 0.4) is 0 Å². The first-order valence-corrected chi connectivity index (χ1v) is 11.6. The molecule has 3 aromatic carbocycles. The first-order chi connectivity index (χ1) is 15.7. The monoisotopic (exact) mass is 489 g/mol. The topological polar surface area (TPSA) is 110 Å². The third-order valence-corrected chi connectivity index (χ3v) is 7.38. The Balaban J connectivity index is 1.61. The van der Waals surface area contributed by atoms with Crippen LogP contribution in [0, 0.1) is 15.9 Å². The quantitative estimate of drug-likeness (QED) is 0.409. The number of fused-ring (bicyclic) bond motifs is 1. The largest absolute Gasteiger partial charge is 0.322 e. The van der Waals surface area contributed by atoms with Gasteiger partial charge < -0.3 is 5.32 Å². The summed E-state index contributed by atoms with van der Waals surface area (Å²) in [5.74, 6) is -1.16. The predicted molar refractivity (Wildman–Crippen MR) is 122 cm³/mol. The van der Waals surface area contributed by atoms with E-state index in [0.29, 0.717) is 29.8 Å². The van der Waals surface area contributed by atoms with Crippen LogP contribution in [0.4, 0.5) is 21.5 Å². The molecular formula is C22H17ClFN3O5S. The lowest BCUT2D eigenvalue weighted by Gasteiger charge is -2.31. The number of rotatable bonds is 5. The first-order valence-electron chi connectivity index (χ1n) is 9.83. The van der Waals surface area contributed by atoms with Crippen molar-refractivity contribution in [2.75, 3.05) is 16.2 Å². The summed E-state index contributed by atoms with van der Waals surface area (Å²) in [6.07, 6.45) is 1.15. The Labute approximate surface area is 193 Å².